The average Bonchev–Trinajstić information content (AvgIpc) is 3.53. The molecule has 0 spiro atoms. The first-order valence-corrected chi connectivity index (χ1v) is 12.0. The Morgan fingerprint density at radius 3 is 2.27 bits per heavy atom. The van der Waals surface area contributed by atoms with Crippen LogP contribution in [-0.4, -0.2) is 38.7 Å². The maximum Gasteiger partial charge on any atom is 0.310 e. The van der Waals surface area contributed by atoms with Crippen molar-refractivity contribution in [1.29, 1.82) is 0 Å². The lowest BCUT2D eigenvalue weighted by molar-refractivity contribution is -0.141. The van der Waals surface area contributed by atoms with Crippen LogP contribution >= 0.6 is 0 Å². The molecule has 4 atom stereocenters. The summed E-state index contributed by atoms with van der Waals surface area (Å²) in [5.74, 6) is -0.0629. The lowest BCUT2D eigenvalue weighted by atomic mass is 9.65. The number of hydrogen-bond acceptors (Lipinski definition) is 8. The van der Waals surface area contributed by atoms with E-state index in [0.29, 0.717) is 18.0 Å². The lowest BCUT2D eigenvalue weighted by Gasteiger charge is -2.39. The van der Waals surface area contributed by atoms with Gasteiger partial charge in [0, 0.05) is 24.4 Å². The van der Waals surface area contributed by atoms with Crippen molar-refractivity contribution >= 4 is 5.97 Å². The summed E-state index contributed by atoms with van der Waals surface area (Å²) in [5, 5.41) is 14.1. The van der Waals surface area contributed by atoms with Crippen molar-refractivity contribution in [3.8, 4) is 28.7 Å². The standard InChI is InChI=1S/C28H26FNO7/c1-33-22-7-15(8-23(34-2)27(22)31)24-17-9-20-21(37-13-36-20)10-18(17)26(19-12-35-28(32)25(19)24)30-11-14-3-5-16(29)6-4-14/h3-10,19,24-26,30-31H,11-13H2,1-2H3/t19-,24+,25-,26+/m0/s1. The summed E-state index contributed by atoms with van der Waals surface area (Å²) in [6, 6.07) is 13.4. The highest BCUT2D eigenvalue weighted by Crippen LogP contribution is 2.55. The predicted octanol–water partition coefficient (Wildman–Crippen LogP) is 4.04. The number of halogens is 1. The van der Waals surface area contributed by atoms with Crippen molar-refractivity contribution in [2.45, 2.75) is 18.5 Å². The number of hydrogen-bond donors (Lipinski definition) is 2. The largest absolute Gasteiger partial charge is 0.502 e. The second-order valence-corrected chi connectivity index (χ2v) is 9.39. The van der Waals surface area contributed by atoms with Gasteiger partial charge < -0.3 is 34.1 Å². The number of ether oxygens (including phenoxy) is 5. The molecule has 2 N–H and O–H groups in total. The minimum Gasteiger partial charge on any atom is -0.502 e. The number of benzene rings is 3. The fraction of sp³-hybridized carbons (Fsp3) is 0.321. The van der Waals surface area contributed by atoms with E-state index in [9.17, 15) is 14.3 Å². The van der Waals surface area contributed by atoms with Gasteiger partial charge in [-0.15, -0.1) is 0 Å². The highest BCUT2D eigenvalue weighted by atomic mass is 19.1. The summed E-state index contributed by atoms with van der Waals surface area (Å²) in [5.41, 5.74) is 3.51. The number of phenolic OH excluding ortho intramolecular Hbond substituents is 1. The summed E-state index contributed by atoms with van der Waals surface area (Å²) >= 11 is 0. The predicted molar refractivity (Wildman–Crippen MR) is 130 cm³/mol. The third kappa shape index (κ3) is 3.90. The molecule has 0 bridgehead atoms. The molecule has 9 heteroatoms. The quantitative estimate of drug-likeness (QED) is 0.483. The number of nitrogens with one attached hydrogen (secondary N) is 1. The number of carbonyl (C=O) groups excluding carboxylic acids is 1. The second kappa shape index (κ2) is 9.15. The van der Waals surface area contributed by atoms with E-state index in [-0.39, 0.29) is 54.4 Å². The van der Waals surface area contributed by atoms with Crippen molar-refractivity contribution in [3.63, 3.8) is 0 Å². The normalized spacial score (nSPS) is 23.3. The zero-order valence-corrected chi connectivity index (χ0v) is 20.3. The Labute approximate surface area is 212 Å². The van der Waals surface area contributed by atoms with Crippen LogP contribution in [0.3, 0.4) is 0 Å². The number of fused-ring (bicyclic) bond motifs is 3. The Kier molecular flexibility index (Phi) is 5.79. The second-order valence-electron chi connectivity index (χ2n) is 9.39. The van der Waals surface area contributed by atoms with Gasteiger partial charge >= 0.3 is 5.97 Å². The first-order valence-electron chi connectivity index (χ1n) is 12.0. The van der Waals surface area contributed by atoms with Gasteiger partial charge in [-0.1, -0.05) is 12.1 Å². The van der Waals surface area contributed by atoms with Gasteiger partial charge in [0.25, 0.3) is 0 Å². The van der Waals surface area contributed by atoms with Gasteiger partial charge in [-0.05, 0) is 58.7 Å². The monoisotopic (exact) mass is 507 g/mol. The number of carbonyl (C=O) groups is 1. The number of methoxy groups -OCH3 is 2. The van der Waals surface area contributed by atoms with Gasteiger partial charge in [0.15, 0.2) is 23.0 Å². The zero-order valence-electron chi connectivity index (χ0n) is 20.3. The molecule has 0 amide bonds. The van der Waals surface area contributed by atoms with E-state index in [4.69, 9.17) is 23.7 Å². The van der Waals surface area contributed by atoms with Crippen LogP contribution in [-0.2, 0) is 16.1 Å². The fourth-order valence-electron chi connectivity index (χ4n) is 5.75. The number of aromatic hydroxyl groups is 1. The van der Waals surface area contributed by atoms with Crippen LogP contribution in [0.25, 0.3) is 0 Å². The molecule has 1 aliphatic carbocycles. The van der Waals surface area contributed by atoms with E-state index in [0.717, 1.165) is 22.3 Å². The molecule has 6 rings (SSSR count). The van der Waals surface area contributed by atoms with Gasteiger partial charge in [0.05, 0.1) is 26.7 Å². The maximum absolute atomic E-state index is 13.4. The Morgan fingerprint density at radius 1 is 0.973 bits per heavy atom. The summed E-state index contributed by atoms with van der Waals surface area (Å²) in [7, 11) is 2.93. The maximum atomic E-state index is 13.4. The SMILES string of the molecule is COc1cc([C@@H]2c3cc4c(cc3[C@@H](NCc3ccc(F)cc3)[C@H]3COC(=O)[C@H]23)OCO4)cc(OC)c1O. The summed E-state index contributed by atoms with van der Waals surface area (Å²) in [4.78, 5) is 13.2. The molecule has 0 unspecified atom stereocenters. The van der Waals surface area contributed by atoms with Crippen molar-refractivity contribution in [2.24, 2.45) is 11.8 Å². The Balaban J connectivity index is 1.48. The van der Waals surface area contributed by atoms with Gasteiger partial charge in [0.1, 0.15) is 5.82 Å². The van der Waals surface area contributed by atoms with Gasteiger partial charge in [0.2, 0.25) is 12.5 Å². The number of rotatable bonds is 6. The molecule has 2 heterocycles. The molecule has 8 nitrogen and oxygen atoms in total. The average molecular weight is 508 g/mol. The van der Waals surface area contributed by atoms with Crippen molar-refractivity contribution in [2.75, 3.05) is 27.6 Å². The molecule has 192 valence electrons. The van der Waals surface area contributed by atoms with Gasteiger partial charge in [-0.3, -0.25) is 4.79 Å². The van der Waals surface area contributed by atoms with E-state index >= 15 is 0 Å². The van der Waals surface area contributed by atoms with E-state index in [2.05, 4.69) is 5.32 Å². The van der Waals surface area contributed by atoms with Crippen molar-refractivity contribution in [3.05, 3.63) is 76.6 Å². The van der Waals surface area contributed by atoms with E-state index < -0.39 is 11.8 Å². The lowest BCUT2D eigenvalue weighted by Crippen LogP contribution is -2.40. The first kappa shape index (κ1) is 23.4. The van der Waals surface area contributed by atoms with Crippen LogP contribution in [0.5, 0.6) is 28.7 Å². The summed E-state index contributed by atoms with van der Waals surface area (Å²) in [6.45, 7) is 0.843. The minimum atomic E-state index is -0.502. The molecule has 1 fully saturated rings. The van der Waals surface area contributed by atoms with Crippen molar-refractivity contribution < 1.29 is 38.0 Å². The molecule has 0 aromatic heterocycles. The summed E-state index contributed by atoms with van der Waals surface area (Å²) < 4.78 is 41.2. The molecular weight excluding hydrogens is 481 g/mol. The van der Waals surface area contributed by atoms with E-state index in [1.54, 1.807) is 24.3 Å². The first-order chi connectivity index (χ1) is 18.0. The number of esters is 1. The minimum absolute atomic E-state index is 0.111. The Hall–Kier alpha value is -3.98. The van der Waals surface area contributed by atoms with Crippen molar-refractivity contribution in [1.82, 2.24) is 5.32 Å². The smallest absolute Gasteiger partial charge is 0.310 e. The van der Waals surface area contributed by atoms with Crippen LogP contribution in [0.1, 0.15) is 34.2 Å². The van der Waals surface area contributed by atoms with Gasteiger partial charge in [-0.25, -0.2) is 4.39 Å². The van der Waals surface area contributed by atoms with Gasteiger partial charge in [-0.2, -0.15) is 0 Å². The highest BCUT2D eigenvalue weighted by molar-refractivity contribution is 5.79. The van der Waals surface area contributed by atoms with Crippen LogP contribution in [0.2, 0.25) is 0 Å². The molecule has 37 heavy (non-hydrogen) atoms. The molecule has 3 aromatic carbocycles. The molecule has 3 aromatic rings. The molecule has 0 saturated carbocycles. The Bertz CT molecular complexity index is 1330. The molecule has 1 saturated heterocycles. The fourth-order valence-corrected chi connectivity index (χ4v) is 5.75. The Morgan fingerprint density at radius 2 is 1.62 bits per heavy atom. The topological polar surface area (TPSA) is 95.5 Å². The van der Waals surface area contributed by atoms with Crippen LogP contribution in [0.4, 0.5) is 4.39 Å². The van der Waals surface area contributed by atoms with Crippen LogP contribution in [0.15, 0.2) is 48.5 Å². The zero-order chi connectivity index (χ0) is 25.7. The van der Waals surface area contributed by atoms with E-state index in [1.807, 2.05) is 12.1 Å². The number of cyclic esters (lactones) is 1. The summed E-state index contributed by atoms with van der Waals surface area (Å²) in [6.07, 6.45) is 0. The van der Waals surface area contributed by atoms with E-state index in [1.165, 1.54) is 26.4 Å². The third-order valence-corrected chi connectivity index (χ3v) is 7.49. The molecule has 0 radical (unpaired) electrons. The van der Waals surface area contributed by atoms with Crippen LogP contribution in [0, 0.1) is 17.7 Å². The molecule has 2 aliphatic heterocycles. The highest BCUT2D eigenvalue weighted by Gasteiger charge is 2.52. The third-order valence-electron chi connectivity index (χ3n) is 7.49. The molecular formula is C28H26FNO7. The number of phenols is 1. The van der Waals surface area contributed by atoms with Crippen LogP contribution < -0.4 is 24.3 Å². The molecule has 3 aliphatic rings.